The first kappa shape index (κ1) is 13.6. The summed E-state index contributed by atoms with van der Waals surface area (Å²) in [4.78, 5) is 3.82. The fraction of sp³-hybridized carbons (Fsp3) is 0.400. The summed E-state index contributed by atoms with van der Waals surface area (Å²) in [5.41, 5.74) is 1.03. The van der Waals surface area contributed by atoms with Gasteiger partial charge in [0.1, 0.15) is 5.03 Å². The predicted molar refractivity (Wildman–Crippen MR) is 76.9 cm³/mol. The van der Waals surface area contributed by atoms with Crippen molar-refractivity contribution in [1.29, 1.82) is 0 Å². The predicted octanol–water partition coefficient (Wildman–Crippen LogP) is 3.52. The zero-order valence-corrected chi connectivity index (χ0v) is 12.4. The lowest BCUT2D eigenvalue weighted by Crippen LogP contribution is -2.03. The smallest absolute Gasteiger partial charge is 0.231 e. The first-order valence-electron chi connectivity index (χ1n) is 4.76. The van der Waals surface area contributed by atoms with E-state index in [4.69, 9.17) is 4.74 Å². The zero-order chi connectivity index (χ0) is 12.1. The summed E-state index contributed by atoms with van der Waals surface area (Å²) in [6.07, 6.45) is 1.81. The molecule has 0 unspecified atom stereocenters. The standard InChI is InChI=1S/C10H14IN3OS/c1-7(2)15-9(12-4)6-14-8(3)5-10(13-14)16-11/h5-7H,4H2,1-3H3/b9-6+. The molecule has 1 rings (SSSR count). The Kier molecular flexibility index (Phi) is 5.33. The number of aliphatic imine (C=N–C) groups is 1. The molecule has 0 aliphatic rings. The maximum Gasteiger partial charge on any atom is 0.231 e. The van der Waals surface area contributed by atoms with Crippen molar-refractivity contribution in [3.8, 4) is 0 Å². The molecule has 0 radical (unpaired) electrons. The lowest BCUT2D eigenvalue weighted by molar-refractivity contribution is 0.148. The molecular formula is C10H14IN3OS. The van der Waals surface area contributed by atoms with E-state index in [-0.39, 0.29) is 6.10 Å². The van der Waals surface area contributed by atoms with Crippen LogP contribution in [-0.4, -0.2) is 22.6 Å². The van der Waals surface area contributed by atoms with Crippen LogP contribution < -0.4 is 0 Å². The van der Waals surface area contributed by atoms with Crippen molar-refractivity contribution in [3.63, 3.8) is 0 Å². The SMILES string of the molecule is C=N/C(=C\n1nc(SI)cc1C)OC(C)C. The first-order valence-corrected chi connectivity index (χ1v) is 8.12. The number of hydrogen-bond acceptors (Lipinski definition) is 4. The van der Waals surface area contributed by atoms with Gasteiger partial charge in [0, 0.05) is 26.9 Å². The summed E-state index contributed by atoms with van der Waals surface area (Å²) in [6.45, 7) is 9.35. The average molecular weight is 351 g/mol. The fourth-order valence-corrected chi connectivity index (χ4v) is 2.06. The molecule has 0 saturated heterocycles. The van der Waals surface area contributed by atoms with E-state index in [1.54, 1.807) is 19.8 Å². The number of hydrogen-bond donors (Lipinski definition) is 0. The minimum absolute atomic E-state index is 0.0750. The lowest BCUT2D eigenvalue weighted by atomic mass is 10.5. The van der Waals surface area contributed by atoms with E-state index in [0.29, 0.717) is 5.88 Å². The third-order valence-electron chi connectivity index (χ3n) is 1.72. The Morgan fingerprint density at radius 3 is 2.88 bits per heavy atom. The van der Waals surface area contributed by atoms with Crippen LogP contribution in [0, 0.1) is 6.92 Å². The summed E-state index contributed by atoms with van der Waals surface area (Å²) in [5.74, 6) is 0.478. The monoisotopic (exact) mass is 351 g/mol. The molecular weight excluding hydrogens is 337 g/mol. The Hall–Kier alpha value is -0.500. The number of ether oxygens (including phenoxy) is 1. The lowest BCUT2D eigenvalue weighted by Gasteiger charge is -2.09. The van der Waals surface area contributed by atoms with Gasteiger partial charge in [-0.15, -0.1) is 0 Å². The molecule has 0 aromatic carbocycles. The fourth-order valence-electron chi connectivity index (χ4n) is 1.08. The van der Waals surface area contributed by atoms with Crippen LogP contribution in [0.1, 0.15) is 19.5 Å². The van der Waals surface area contributed by atoms with Gasteiger partial charge in [-0.05, 0) is 42.5 Å². The molecule has 0 bridgehead atoms. The molecule has 16 heavy (non-hydrogen) atoms. The first-order chi connectivity index (χ1) is 7.56. The molecule has 0 spiro atoms. The average Bonchev–Trinajstić information content (AvgIpc) is 2.58. The number of rotatable bonds is 5. The van der Waals surface area contributed by atoms with Crippen LogP contribution in [0.2, 0.25) is 0 Å². The molecule has 88 valence electrons. The quantitative estimate of drug-likeness (QED) is 0.463. The Morgan fingerprint density at radius 2 is 2.44 bits per heavy atom. The van der Waals surface area contributed by atoms with Crippen LogP contribution in [0.3, 0.4) is 0 Å². The minimum Gasteiger partial charge on any atom is -0.474 e. The number of aryl methyl sites for hydroxylation is 1. The highest BCUT2D eigenvalue weighted by Gasteiger charge is 2.04. The van der Waals surface area contributed by atoms with Gasteiger partial charge in [-0.2, -0.15) is 5.10 Å². The second-order valence-electron chi connectivity index (χ2n) is 3.44. The number of halogens is 1. The van der Waals surface area contributed by atoms with E-state index in [1.807, 2.05) is 26.8 Å². The molecule has 0 aliphatic carbocycles. The largest absolute Gasteiger partial charge is 0.474 e. The second kappa shape index (κ2) is 6.29. The van der Waals surface area contributed by atoms with Gasteiger partial charge in [0.05, 0.1) is 12.3 Å². The van der Waals surface area contributed by atoms with Crippen LogP contribution in [-0.2, 0) is 4.74 Å². The molecule has 0 fully saturated rings. The maximum atomic E-state index is 5.46. The van der Waals surface area contributed by atoms with Crippen molar-refractivity contribution in [1.82, 2.24) is 9.78 Å². The Bertz CT molecular complexity index is 401. The van der Waals surface area contributed by atoms with Gasteiger partial charge in [-0.1, -0.05) is 0 Å². The number of nitrogens with zero attached hydrogens (tertiary/aromatic N) is 3. The summed E-state index contributed by atoms with van der Waals surface area (Å²) in [7, 11) is 1.57. The molecule has 0 N–H and O–H groups in total. The van der Waals surface area contributed by atoms with Gasteiger partial charge < -0.3 is 4.74 Å². The molecule has 0 amide bonds. The molecule has 4 nitrogen and oxygen atoms in total. The van der Waals surface area contributed by atoms with Crippen LogP contribution in [0.4, 0.5) is 0 Å². The summed E-state index contributed by atoms with van der Waals surface area (Å²) in [6, 6.07) is 2.00. The van der Waals surface area contributed by atoms with Gasteiger partial charge in [0.15, 0.2) is 0 Å². The van der Waals surface area contributed by atoms with E-state index in [9.17, 15) is 0 Å². The molecule has 0 saturated carbocycles. The number of aromatic nitrogens is 2. The third-order valence-corrected chi connectivity index (χ3v) is 3.44. The van der Waals surface area contributed by atoms with Crippen molar-refractivity contribution in [2.75, 3.05) is 0 Å². The molecule has 6 heteroatoms. The van der Waals surface area contributed by atoms with Crippen LogP contribution in [0.15, 0.2) is 22.0 Å². The van der Waals surface area contributed by atoms with Crippen molar-refractivity contribution in [3.05, 3.63) is 17.6 Å². The van der Waals surface area contributed by atoms with Crippen LogP contribution in [0.25, 0.3) is 6.20 Å². The molecule has 1 heterocycles. The highest BCUT2D eigenvalue weighted by Crippen LogP contribution is 2.24. The van der Waals surface area contributed by atoms with Gasteiger partial charge in [0.2, 0.25) is 5.88 Å². The van der Waals surface area contributed by atoms with Gasteiger partial charge in [-0.3, -0.25) is 0 Å². The maximum absolute atomic E-state index is 5.46. The van der Waals surface area contributed by atoms with Crippen molar-refractivity contribution in [2.24, 2.45) is 4.99 Å². The van der Waals surface area contributed by atoms with Crippen molar-refractivity contribution < 1.29 is 4.74 Å². The summed E-state index contributed by atoms with van der Waals surface area (Å²) < 4.78 is 7.21. The third kappa shape index (κ3) is 3.82. The van der Waals surface area contributed by atoms with Gasteiger partial charge in [-0.25, -0.2) is 9.67 Å². The second-order valence-corrected chi connectivity index (χ2v) is 5.33. The van der Waals surface area contributed by atoms with Gasteiger partial charge >= 0.3 is 0 Å². The summed E-state index contributed by atoms with van der Waals surface area (Å²) >= 11 is 2.20. The molecule has 1 aromatic heterocycles. The highest BCUT2D eigenvalue weighted by molar-refractivity contribution is 14.2. The summed E-state index contributed by atoms with van der Waals surface area (Å²) in [5, 5.41) is 5.31. The minimum atomic E-state index is 0.0750. The van der Waals surface area contributed by atoms with E-state index in [0.717, 1.165) is 10.7 Å². The molecule has 0 aliphatic heterocycles. The molecule has 0 atom stereocenters. The Labute approximate surface area is 112 Å². The highest BCUT2D eigenvalue weighted by atomic mass is 127. The van der Waals surface area contributed by atoms with Crippen LogP contribution >= 0.6 is 30.1 Å². The van der Waals surface area contributed by atoms with E-state index in [2.05, 4.69) is 38.0 Å². The van der Waals surface area contributed by atoms with E-state index in [1.165, 1.54) is 0 Å². The zero-order valence-electron chi connectivity index (χ0n) is 9.48. The van der Waals surface area contributed by atoms with Gasteiger partial charge in [0.25, 0.3) is 0 Å². The Morgan fingerprint density at radius 1 is 1.75 bits per heavy atom. The Balaban J connectivity index is 2.94. The van der Waals surface area contributed by atoms with E-state index >= 15 is 0 Å². The topological polar surface area (TPSA) is 39.4 Å². The normalized spacial score (nSPS) is 11.9. The van der Waals surface area contributed by atoms with E-state index < -0.39 is 0 Å². The van der Waals surface area contributed by atoms with Crippen molar-refractivity contribution >= 4 is 43.1 Å². The van der Waals surface area contributed by atoms with Crippen molar-refractivity contribution in [2.45, 2.75) is 31.9 Å². The van der Waals surface area contributed by atoms with Crippen LogP contribution in [0.5, 0.6) is 0 Å². The molecule has 1 aromatic rings.